The van der Waals surface area contributed by atoms with Crippen LogP contribution in [-0.2, 0) is 4.79 Å². The van der Waals surface area contributed by atoms with Crippen LogP contribution in [0.15, 0.2) is 12.2 Å². The van der Waals surface area contributed by atoms with Crippen molar-refractivity contribution < 1.29 is 89.6 Å². The molecule has 0 saturated carbocycles. The van der Waals surface area contributed by atoms with E-state index in [0.717, 1.165) is 25.0 Å². The number of hydrogen-bond donors (Lipinski definition) is 3. The molecule has 0 unspecified atom stereocenters. The maximum absolute atomic E-state index is 13.9. The number of aliphatic hydroxyl groups excluding tert-OH is 2. The van der Waals surface area contributed by atoms with Crippen molar-refractivity contribution >= 4 is 5.91 Å². The van der Waals surface area contributed by atoms with Crippen LogP contribution in [0.3, 0.4) is 0 Å². The van der Waals surface area contributed by atoms with Crippen molar-refractivity contribution in [3.8, 4) is 0 Å². The molecule has 0 heterocycles. The van der Waals surface area contributed by atoms with Crippen molar-refractivity contribution in [1.82, 2.24) is 5.32 Å². The number of nitrogens with one attached hydrogen (secondary N) is 1. The van der Waals surface area contributed by atoms with E-state index >= 15 is 0 Å². The van der Waals surface area contributed by atoms with Gasteiger partial charge in [0.2, 0.25) is 5.91 Å². The molecule has 4 nitrogen and oxygen atoms in total. The molecule has 0 saturated heterocycles. The molecule has 21 heteroatoms. The molecule has 0 aromatic carbocycles. The van der Waals surface area contributed by atoms with Crippen LogP contribution in [0.5, 0.6) is 0 Å². The lowest BCUT2D eigenvalue weighted by molar-refractivity contribution is -0.461. The van der Waals surface area contributed by atoms with Crippen molar-refractivity contribution in [1.29, 1.82) is 0 Å². The minimum absolute atomic E-state index is 0.0942. The Balaban J connectivity index is 5.43. The van der Waals surface area contributed by atoms with Crippen molar-refractivity contribution in [2.75, 3.05) is 6.61 Å². The summed E-state index contributed by atoms with van der Waals surface area (Å²) in [5, 5.41) is 21.6. The number of rotatable bonds is 20. The lowest BCUT2D eigenvalue weighted by Gasteiger charge is -2.42. The van der Waals surface area contributed by atoms with Crippen LogP contribution in [0.25, 0.3) is 0 Å². The fourth-order valence-electron chi connectivity index (χ4n) is 3.56. The summed E-state index contributed by atoms with van der Waals surface area (Å²) in [5.74, 6) is -56.8. The first-order valence-corrected chi connectivity index (χ1v) is 13.0. The average Bonchev–Trinajstić information content (AvgIpc) is 2.89. The van der Waals surface area contributed by atoms with E-state index in [9.17, 15) is 89.6 Å². The molecule has 45 heavy (non-hydrogen) atoms. The third-order valence-electron chi connectivity index (χ3n) is 6.44. The second-order valence-corrected chi connectivity index (χ2v) is 9.98. The summed E-state index contributed by atoms with van der Waals surface area (Å²) < 4.78 is 226. The number of unbranched alkanes of at least 4 members (excludes halogenated alkanes) is 5. The predicted molar refractivity (Wildman–Crippen MR) is 122 cm³/mol. The van der Waals surface area contributed by atoms with Crippen molar-refractivity contribution in [2.45, 2.75) is 124 Å². The number of allylic oxidation sites excluding steroid dienone is 1. The fourth-order valence-corrected chi connectivity index (χ4v) is 3.56. The minimum atomic E-state index is -8.65. The SMILES string of the molecule is CCCCCC(=O)N[C@@H](CO)[C@H](O)/C=C/CCCCCC(F)(F)C(F)(F)C(F)(F)C(F)(F)C(F)(F)C(F)(F)C(F)(F)C(F)(F)F. The zero-order valence-corrected chi connectivity index (χ0v) is 23.1. The number of aliphatic hydroxyl groups is 2. The maximum atomic E-state index is 13.9. The van der Waals surface area contributed by atoms with Crippen LogP contribution in [0.2, 0.25) is 0 Å². The molecule has 0 spiro atoms. The topological polar surface area (TPSA) is 69.6 Å². The third kappa shape index (κ3) is 8.85. The Morgan fingerprint density at radius 2 is 1.13 bits per heavy atom. The molecule has 0 aliphatic rings. The first-order chi connectivity index (χ1) is 20.0. The Morgan fingerprint density at radius 3 is 1.58 bits per heavy atom. The van der Waals surface area contributed by atoms with Crippen LogP contribution >= 0.6 is 0 Å². The lowest BCUT2D eigenvalue weighted by Crippen LogP contribution is -2.74. The number of carbonyl (C=O) groups is 1. The van der Waals surface area contributed by atoms with Gasteiger partial charge in [-0.05, 0) is 25.7 Å². The molecule has 0 fully saturated rings. The Morgan fingerprint density at radius 1 is 0.667 bits per heavy atom. The largest absolute Gasteiger partial charge is 0.460 e. The quantitative estimate of drug-likeness (QED) is 0.0686. The molecule has 0 aromatic heterocycles. The molecule has 0 rings (SSSR count). The number of halogens is 17. The molecule has 0 aliphatic carbocycles. The Bertz CT molecular complexity index is 967. The number of alkyl halides is 17. The summed E-state index contributed by atoms with van der Waals surface area (Å²) in [4.78, 5) is 11.8. The summed E-state index contributed by atoms with van der Waals surface area (Å²) in [6, 6.07) is -1.16. The van der Waals surface area contributed by atoms with Gasteiger partial charge in [-0.2, -0.15) is 74.6 Å². The first-order valence-electron chi connectivity index (χ1n) is 13.0. The van der Waals surface area contributed by atoms with E-state index in [1.165, 1.54) is 0 Å². The minimum Gasteiger partial charge on any atom is -0.394 e. The van der Waals surface area contributed by atoms with Gasteiger partial charge in [0.1, 0.15) is 0 Å². The van der Waals surface area contributed by atoms with Crippen LogP contribution < -0.4 is 5.32 Å². The Labute approximate surface area is 245 Å². The second-order valence-electron chi connectivity index (χ2n) is 9.98. The molecule has 0 aromatic rings. The molecule has 0 radical (unpaired) electrons. The lowest BCUT2D eigenvalue weighted by atomic mass is 9.88. The Hall–Kier alpha value is -2.06. The van der Waals surface area contributed by atoms with Gasteiger partial charge < -0.3 is 15.5 Å². The summed E-state index contributed by atoms with van der Waals surface area (Å²) >= 11 is 0. The first kappa shape index (κ1) is 42.9. The molecule has 2 atom stereocenters. The van der Waals surface area contributed by atoms with E-state index in [-0.39, 0.29) is 19.3 Å². The highest BCUT2D eigenvalue weighted by atomic mass is 19.4. The molecular weight excluding hydrogens is 673 g/mol. The third-order valence-corrected chi connectivity index (χ3v) is 6.44. The van der Waals surface area contributed by atoms with Gasteiger partial charge in [-0.1, -0.05) is 38.3 Å². The number of hydrogen-bond acceptors (Lipinski definition) is 3. The van der Waals surface area contributed by atoms with E-state index in [0.29, 0.717) is 6.42 Å². The predicted octanol–water partition coefficient (Wildman–Crippen LogP) is 7.92. The van der Waals surface area contributed by atoms with Crippen molar-refractivity contribution in [3.05, 3.63) is 12.2 Å². The normalized spacial score (nSPS) is 16.3. The van der Waals surface area contributed by atoms with Crippen molar-refractivity contribution in [2.24, 2.45) is 0 Å². The smallest absolute Gasteiger partial charge is 0.394 e. The summed E-state index contributed by atoms with van der Waals surface area (Å²) in [5.41, 5.74) is 0. The summed E-state index contributed by atoms with van der Waals surface area (Å²) in [6.07, 6.45) is -9.69. The highest BCUT2D eigenvalue weighted by Crippen LogP contribution is 2.64. The molecular formula is C24H30F17NO3. The number of carbonyl (C=O) groups excluding carboxylic acids is 1. The van der Waals surface area contributed by atoms with Gasteiger partial charge in [0.15, 0.2) is 0 Å². The Kier molecular flexibility index (Phi) is 14.5. The van der Waals surface area contributed by atoms with Crippen LogP contribution in [0.4, 0.5) is 74.6 Å². The van der Waals surface area contributed by atoms with Gasteiger partial charge in [-0.25, -0.2) is 0 Å². The summed E-state index contributed by atoms with van der Waals surface area (Å²) in [6.45, 7) is 1.16. The van der Waals surface area contributed by atoms with Gasteiger partial charge in [0.25, 0.3) is 0 Å². The second kappa shape index (κ2) is 15.2. The fraction of sp³-hybridized carbons (Fsp3) is 0.875. The van der Waals surface area contributed by atoms with Crippen LogP contribution in [0.1, 0.15) is 64.7 Å². The van der Waals surface area contributed by atoms with Gasteiger partial charge >= 0.3 is 47.6 Å². The maximum Gasteiger partial charge on any atom is 0.460 e. The molecule has 1 amide bonds. The monoisotopic (exact) mass is 703 g/mol. The molecule has 0 aliphatic heterocycles. The van der Waals surface area contributed by atoms with Gasteiger partial charge in [0.05, 0.1) is 18.8 Å². The van der Waals surface area contributed by atoms with E-state index in [1.54, 1.807) is 0 Å². The highest BCUT2D eigenvalue weighted by Gasteiger charge is 2.95. The molecule has 0 bridgehead atoms. The van der Waals surface area contributed by atoms with E-state index in [2.05, 4.69) is 5.32 Å². The zero-order chi connectivity index (χ0) is 35.9. The number of amides is 1. The summed E-state index contributed by atoms with van der Waals surface area (Å²) in [7, 11) is 0. The van der Waals surface area contributed by atoms with Crippen LogP contribution in [0, 0.1) is 0 Å². The van der Waals surface area contributed by atoms with E-state index in [4.69, 9.17) is 0 Å². The average molecular weight is 703 g/mol. The molecule has 268 valence electrons. The van der Waals surface area contributed by atoms with E-state index in [1.807, 2.05) is 6.92 Å². The van der Waals surface area contributed by atoms with Gasteiger partial charge in [0, 0.05) is 12.8 Å². The molecule has 3 N–H and O–H groups in total. The zero-order valence-electron chi connectivity index (χ0n) is 23.1. The van der Waals surface area contributed by atoms with Gasteiger partial charge in [-0.3, -0.25) is 4.79 Å². The van der Waals surface area contributed by atoms with E-state index < -0.39 is 91.6 Å². The van der Waals surface area contributed by atoms with Crippen molar-refractivity contribution in [3.63, 3.8) is 0 Å². The standard InChI is InChI=1S/C24H30F17NO3/c1-2-3-7-11-16(45)42-14(13-43)15(44)10-8-5-4-6-9-12-17(25,26)18(27,28)19(29,30)20(31,32)21(33,34)22(35,36)23(37,38)24(39,40)41/h8,10,14-15,43-44H,2-7,9,11-13H2,1H3,(H,42,45)/b10-8+/t14-,15+/m0/s1. The highest BCUT2D eigenvalue weighted by molar-refractivity contribution is 5.76. The van der Waals surface area contributed by atoms with Gasteiger partial charge in [-0.15, -0.1) is 0 Å². The van der Waals surface area contributed by atoms with Crippen LogP contribution in [-0.4, -0.2) is 82.5 Å².